The van der Waals surface area contributed by atoms with E-state index in [2.05, 4.69) is 5.32 Å². The molecule has 7 nitrogen and oxygen atoms in total. The van der Waals surface area contributed by atoms with Crippen LogP contribution in [0.4, 0.5) is 5.69 Å². The van der Waals surface area contributed by atoms with E-state index in [1.54, 1.807) is 65.9 Å². The summed E-state index contributed by atoms with van der Waals surface area (Å²) in [4.78, 5) is 41.2. The van der Waals surface area contributed by atoms with E-state index in [0.29, 0.717) is 48.7 Å². The summed E-state index contributed by atoms with van der Waals surface area (Å²) in [6, 6.07) is 36.1. The number of thiophene rings is 1. The zero-order valence-corrected chi connectivity index (χ0v) is 26.6. The van der Waals surface area contributed by atoms with Crippen LogP contribution >= 0.6 is 11.3 Å². The van der Waals surface area contributed by atoms with E-state index in [9.17, 15) is 19.5 Å². The molecule has 47 heavy (non-hydrogen) atoms. The molecule has 1 amide bonds. The number of amides is 1. The molecule has 1 aromatic heterocycles. The molecule has 0 fully saturated rings. The van der Waals surface area contributed by atoms with Crippen LogP contribution in [0.2, 0.25) is 0 Å². The second kappa shape index (κ2) is 16.7. The van der Waals surface area contributed by atoms with E-state index in [-0.39, 0.29) is 18.1 Å². The predicted molar refractivity (Wildman–Crippen MR) is 187 cm³/mol. The third-order valence-electron chi connectivity index (χ3n) is 7.50. The highest BCUT2D eigenvalue weighted by atomic mass is 32.1. The number of carbonyl (C=O) groups excluding carboxylic acids is 2. The number of aliphatic carboxylic acids is 1. The lowest BCUT2D eigenvalue weighted by atomic mass is 10.00. The maximum atomic E-state index is 13.1. The summed E-state index contributed by atoms with van der Waals surface area (Å²) >= 11 is 1.58. The highest BCUT2D eigenvalue weighted by Gasteiger charge is 2.21. The monoisotopic (exact) mass is 644 g/mol. The molecular weight excluding hydrogens is 609 g/mol. The second-order valence-electron chi connectivity index (χ2n) is 10.9. The number of hydrogen-bond donors (Lipinski definition) is 2. The normalized spacial score (nSPS) is 11.6. The summed E-state index contributed by atoms with van der Waals surface area (Å²) in [7, 11) is 0. The molecule has 1 atom stereocenters. The average Bonchev–Trinajstić information content (AvgIpc) is 3.63. The highest BCUT2D eigenvalue weighted by molar-refractivity contribution is 7.10. The Morgan fingerprint density at radius 1 is 0.809 bits per heavy atom. The molecule has 0 bridgehead atoms. The molecule has 1 heterocycles. The Kier molecular flexibility index (Phi) is 11.7. The minimum absolute atomic E-state index is 0.0553. The van der Waals surface area contributed by atoms with Gasteiger partial charge in [-0.1, -0.05) is 91.0 Å². The van der Waals surface area contributed by atoms with Crippen LogP contribution in [0, 0.1) is 0 Å². The molecule has 238 valence electrons. The smallest absolute Gasteiger partial charge is 0.326 e. The first-order valence-electron chi connectivity index (χ1n) is 15.4. The second-order valence-corrected chi connectivity index (χ2v) is 11.9. The third kappa shape index (κ3) is 9.76. The Hall–Kier alpha value is -5.47. The molecule has 5 aromatic rings. The molecule has 0 radical (unpaired) electrons. The van der Waals surface area contributed by atoms with Crippen LogP contribution in [0.5, 0.6) is 5.75 Å². The molecule has 5 rings (SSSR count). The van der Waals surface area contributed by atoms with Crippen LogP contribution in [0.15, 0.2) is 133 Å². The van der Waals surface area contributed by atoms with E-state index in [0.717, 1.165) is 16.0 Å². The summed E-state index contributed by atoms with van der Waals surface area (Å²) in [5.74, 6) is -0.597. The Labute approximate surface area is 278 Å². The van der Waals surface area contributed by atoms with Crippen LogP contribution in [0.25, 0.3) is 6.08 Å². The van der Waals surface area contributed by atoms with E-state index in [1.165, 1.54) is 0 Å². The van der Waals surface area contributed by atoms with Crippen molar-refractivity contribution in [3.05, 3.63) is 160 Å². The molecule has 2 N–H and O–H groups in total. The number of para-hydroxylation sites is 1. The lowest BCUT2D eigenvalue weighted by Crippen LogP contribution is -2.32. The zero-order chi connectivity index (χ0) is 32.8. The Bertz CT molecular complexity index is 1770. The van der Waals surface area contributed by atoms with Gasteiger partial charge in [0.2, 0.25) is 5.91 Å². The number of carboxylic acid groups (broad SMARTS) is 1. The standard InChI is InChI=1S/C39H36N2O5S/c42-37(23-22-33-15-9-26-47-33)41(28-30-11-3-1-4-12-30)24-10-25-46-32-20-18-29(19-21-32)27-36(39(44)45)40-35-17-8-7-16-34(35)38(43)31-13-5-2-6-14-31/h1-9,11-23,26,36,40H,10,24-25,27-28H2,(H,44,45)/t36-/m0/s1. The van der Waals surface area contributed by atoms with Crippen molar-refractivity contribution < 1.29 is 24.2 Å². The molecule has 4 aromatic carbocycles. The first kappa shape index (κ1) is 32.9. The summed E-state index contributed by atoms with van der Waals surface area (Å²) in [6.45, 7) is 1.45. The number of benzene rings is 4. The number of ether oxygens (including phenoxy) is 1. The summed E-state index contributed by atoms with van der Waals surface area (Å²) in [6.07, 6.45) is 4.31. The number of ketones is 1. The van der Waals surface area contributed by atoms with Gasteiger partial charge in [0.1, 0.15) is 11.8 Å². The van der Waals surface area contributed by atoms with Crippen molar-refractivity contribution in [2.75, 3.05) is 18.5 Å². The highest BCUT2D eigenvalue weighted by Crippen LogP contribution is 2.22. The fourth-order valence-corrected chi connectivity index (χ4v) is 5.68. The van der Waals surface area contributed by atoms with Gasteiger partial charge >= 0.3 is 5.97 Å². The molecule has 8 heteroatoms. The lowest BCUT2D eigenvalue weighted by molar-refractivity contribution is -0.137. The van der Waals surface area contributed by atoms with Gasteiger partial charge in [0, 0.05) is 47.3 Å². The average molecular weight is 645 g/mol. The minimum atomic E-state index is -1.02. The number of carboxylic acids is 1. The van der Waals surface area contributed by atoms with Gasteiger partial charge < -0.3 is 20.1 Å². The molecule has 0 aliphatic heterocycles. The first-order chi connectivity index (χ1) is 23.0. The van der Waals surface area contributed by atoms with E-state index in [1.807, 2.05) is 89.2 Å². The summed E-state index contributed by atoms with van der Waals surface area (Å²) in [5, 5.41) is 15.0. The van der Waals surface area contributed by atoms with Gasteiger partial charge in [-0.15, -0.1) is 11.3 Å². The van der Waals surface area contributed by atoms with Crippen LogP contribution < -0.4 is 10.1 Å². The fraction of sp³-hybridized carbons (Fsp3) is 0.154. The maximum Gasteiger partial charge on any atom is 0.326 e. The number of hydrogen-bond acceptors (Lipinski definition) is 6. The van der Waals surface area contributed by atoms with Crippen molar-refractivity contribution in [3.63, 3.8) is 0 Å². The Morgan fingerprint density at radius 3 is 2.21 bits per heavy atom. The van der Waals surface area contributed by atoms with Gasteiger partial charge in [0.05, 0.1) is 6.61 Å². The SMILES string of the molecule is O=C(c1ccccc1)c1ccccc1N[C@@H](Cc1ccc(OCCCN(Cc2ccccc2)C(=O)C=Cc2cccs2)cc1)C(=O)O. The van der Waals surface area contributed by atoms with Gasteiger partial charge in [0.25, 0.3) is 0 Å². The fourth-order valence-electron chi connectivity index (χ4n) is 5.06. The van der Waals surface area contributed by atoms with Gasteiger partial charge in [-0.2, -0.15) is 0 Å². The largest absolute Gasteiger partial charge is 0.494 e. The van der Waals surface area contributed by atoms with Gasteiger partial charge in [-0.25, -0.2) is 4.79 Å². The van der Waals surface area contributed by atoms with Gasteiger partial charge in [-0.3, -0.25) is 9.59 Å². The quantitative estimate of drug-likeness (QED) is 0.0653. The minimum Gasteiger partial charge on any atom is -0.494 e. The predicted octanol–water partition coefficient (Wildman–Crippen LogP) is 7.60. The van der Waals surface area contributed by atoms with Gasteiger partial charge in [-0.05, 0) is 59.3 Å². The number of carbonyl (C=O) groups is 3. The lowest BCUT2D eigenvalue weighted by Gasteiger charge is -2.21. The van der Waals surface area contributed by atoms with E-state index < -0.39 is 12.0 Å². The maximum absolute atomic E-state index is 13.1. The van der Waals surface area contributed by atoms with Crippen molar-refractivity contribution in [1.29, 1.82) is 0 Å². The Balaban J connectivity index is 1.15. The summed E-state index contributed by atoms with van der Waals surface area (Å²) < 4.78 is 5.97. The van der Waals surface area contributed by atoms with Crippen LogP contribution in [-0.2, 0) is 22.6 Å². The van der Waals surface area contributed by atoms with Crippen LogP contribution in [0.3, 0.4) is 0 Å². The van der Waals surface area contributed by atoms with Crippen LogP contribution in [0.1, 0.15) is 38.3 Å². The van der Waals surface area contributed by atoms with Crippen molar-refractivity contribution in [1.82, 2.24) is 4.90 Å². The van der Waals surface area contributed by atoms with E-state index >= 15 is 0 Å². The Morgan fingerprint density at radius 2 is 1.51 bits per heavy atom. The molecule has 0 aliphatic carbocycles. The molecule has 0 spiro atoms. The van der Waals surface area contributed by atoms with Gasteiger partial charge in [0.15, 0.2) is 5.78 Å². The molecular formula is C39H36N2O5S. The third-order valence-corrected chi connectivity index (χ3v) is 8.34. The molecule has 0 saturated carbocycles. The molecule has 0 unspecified atom stereocenters. The topological polar surface area (TPSA) is 95.9 Å². The van der Waals surface area contributed by atoms with Crippen molar-refractivity contribution in [2.24, 2.45) is 0 Å². The molecule has 0 saturated heterocycles. The van der Waals surface area contributed by atoms with Crippen molar-refractivity contribution >= 4 is 40.8 Å². The summed E-state index contributed by atoms with van der Waals surface area (Å²) in [5.41, 5.74) is 3.28. The number of nitrogens with zero attached hydrogens (tertiary/aromatic N) is 1. The van der Waals surface area contributed by atoms with Crippen molar-refractivity contribution in [3.8, 4) is 5.75 Å². The number of nitrogens with one attached hydrogen (secondary N) is 1. The van der Waals surface area contributed by atoms with Crippen molar-refractivity contribution in [2.45, 2.75) is 25.4 Å². The van der Waals surface area contributed by atoms with Crippen LogP contribution in [-0.4, -0.2) is 46.9 Å². The zero-order valence-electron chi connectivity index (χ0n) is 25.8. The number of rotatable bonds is 16. The molecule has 0 aliphatic rings. The first-order valence-corrected chi connectivity index (χ1v) is 16.3. The van der Waals surface area contributed by atoms with E-state index in [4.69, 9.17) is 4.74 Å². The number of anilines is 1.